The molecule has 1 aromatic rings. The third-order valence-corrected chi connectivity index (χ3v) is 4.19. The van der Waals surface area contributed by atoms with E-state index in [1.165, 1.54) is 12.1 Å². The maximum atomic E-state index is 13.2. The van der Waals surface area contributed by atoms with Crippen molar-refractivity contribution in [2.75, 3.05) is 6.54 Å². The Hall–Kier alpha value is -0.940. The highest BCUT2D eigenvalue weighted by molar-refractivity contribution is 9.10. The van der Waals surface area contributed by atoms with Gasteiger partial charge in [-0.05, 0) is 30.5 Å². The third kappa shape index (κ3) is 2.98. The fraction of sp³-hybridized carbons (Fsp3) is 0.500. The number of halogens is 2. The summed E-state index contributed by atoms with van der Waals surface area (Å²) >= 11 is 3.38. The van der Waals surface area contributed by atoms with Crippen LogP contribution in [0.5, 0.6) is 0 Å². The van der Waals surface area contributed by atoms with Gasteiger partial charge in [-0.15, -0.1) is 0 Å². The van der Waals surface area contributed by atoms with Gasteiger partial charge in [0.2, 0.25) is 5.91 Å². The topological polar surface area (TPSA) is 46.3 Å². The van der Waals surface area contributed by atoms with Crippen LogP contribution in [-0.4, -0.2) is 23.4 Å². The number of nitrogens with zero attached hydrogens (tertiary/aromatic N) is 1. The van der Waals surface area contributed by atoms with Crippen molar-refractivity contribution in [3.63, 3.8) is 0 Å². The SMILES string of the molecule is CCCN1C(=O)CCC(N)C1c1ccc(F)cc1Br. The van der Waals surface area contributed by atoms with Crippen molar-refractivity contribution in [3.8, 4) is 0 Å². The van der Waals surface area contributed by atoms with Crippen molar-refractivity contribution in [1.82, 2.24) is 4.90 Å². The number of benzene rings is 1. The molecule has 0 aromatic heterocycles. The number of likely N-dealkylation sites (tertiary alicyclic amines) is 1. The Morgan fingerprint density at radius 2 is 2.26 bits per heavy atom. The minimum absolute atomic E-state index is 0.106. The van der Waals surface area contributed by atoms with Crippen LogP contribution in [0.3, 0.4) is 0 Å². The van der Waals surface area contributed by atoms with Crippen LogP contribution in [0.15, 0.2) is 22.7 Å². The van der Waals surface area contributed by atoms with Gasteiger partial charge in [-0.3, -0.25) is 4.79 Å². The number of hydrogen-bond acceptors (Lipinski definition) is 2. The molecular weight excluding hydrogens is 311 g/mol. The van der Waals surface area contributed by atoms with Crippen LogP contribution in [-0.2, 0) is 4.79 Å². The van der Waals surface area contributed by atoms with Crippen molar-refractivity contribution < 1.29 is 9.18 Å². The number of amides is 1. The Morgan fingerprint density at radius 3 is 2.89 bits per heavy atom. The van der Waals surface area contributed by atoms with E-state index >= 15 is 0 Å². The van der Waals surface area contributed by atoms with E-state index in [0.717, 1.165) is 12.0 Å². The maximum absolute atomic E-state index is 13.2. The first kappa shape index (κ1) is 14.5. The molecule has 0 aliphatic carbocycles. The predicted octanol–water partition coefficient (Wildman–Crippen LogP) is 2.99. The Labute approximate surface area is 121 Å². The van der Waals surface area contributed by atoms with Crippen molar-refractivity contribution in [2.24, 2.45) is 5.73 Å². The second-order valence-corrected chi connectivity index (χ2v) is 5.75. The second-order valence-electron chi connectivity index (χ2n) is 4.90. The van der Waals surface area contributed by atoms with E-state index in [9.17, 15) is 9.18 Å². The van der Waals surface area contributed by atoms with Crippen LogP contribution >= 0.6 is 15.9 Å². The van der Waals surface area contributed by atoms with Crippen LogP contribution in [0.2, 0.25) is 0 Å². The lowest BCUT2D eigenvalue weighted by atomic mass is 9.90. The summed E-state index contributed by atoms with van der Waals surface area (Å²) in [5.74, 6) is -0.168. The summed E-state index contributed by atoms with van der Waals surface area (Å²) in [7, 11) is 0. The molecule has 2 rings (SSSR count). The largest absolute Gasteiger partial charge is 0.334 e. The molecule has 1 saturated heterocycles. The summed E-state index contributed by atoms with van der Waals surface area (Å²) in [6, 6.07) is 4.27. The van der Waals surface area contributed by atoms with Gasteiger partial charge in [0.25, 0.3) is 0 Å². The van der Waals surface area contributed by atoms with E-state index < -0.39 is 0 Å². The van der Waals surface area contributed by atoms with E-state index in [4.69, 9.17) is 5.73 Å². The Balaban J connectivity index is 2.39. The average molecular weight is 329 g/mol. The lowest BCUT2D eigenvalue weighted by Crippen LogP contribution is -2.49. The van der Waals surface area contributed by atoms with Crippen molar-refractivity contribution in [1.29, 1.82) is 0 Å². The molecule has 2 N–H and O–H groups in total. The number of hydrogen-bond donors (Lipinski definition) is 1. The van der Waals surface area contributed by atoms with Crippen molar-refractivity contribution in [3.05, 3.63) is 34.1 Å². The second kappa shape index (κ2) is 6.01. The zero-order valence-corrected chi connectivity index (χ0v) is 12.5. The molecule has 1 aliphatic heterocycles. The summed E-state index contributed by atoms with van der Waals surface area (Å²) in [6.45, 7) is 2.71. The third-order valence-electron chi connectivity index (χ3n) is 3.50. The first-order valence-electron chi connectivity index (χ1n) is 6.54. The fourth-order valence-electron chi connectivity index (χ4n) is 2.62. The van der Waals surface area contributed by atoms with E-state index in [0.29, 0.717) is 23.9 Å². The number of rotatable bonds is 3. The molecule has 5 heteroatoms. The molecule has 1 aliphatic rings. The molecule has 19 heavy (non-hydrogen) atoms. The normalized spacial score (nSPS) is 23.8. The highest BCUT2D eigenvalue weighted by atomic mass is 79.9. The minimum atomic E-state index is -0.298. The quantitative estimate of drug-likeness (QED) is 0.927. The number of carbonyl (C=O) groups is 1. The molecule has 1 fully saturated rings. The summed E-state index contributed by atoms with van der Waals surface area (Å²) in [5, 5.41) is 0. The van der Waals surface area contributed by atoms with E-state index in [1.807, 2.05) is 11.8 Å². The zero-order valence-electron chi connectivity index (χ0n) is 10.9. The molecule has 104 valence electrons. The van der Waals surface area contributed by atoms with Gasteiger partial charge in [-0.2, -0.15) is 0 Å². The Kier molecular flexibility index (Phi) is 4.58. The Morgan fingerprint density at radius 1 is 1.53 bits per heavy atom. The van der Waals surface area contributed by atoms with Gasteiger partial charge in [-0.25, -0.2) is 4.39 Å². The highest BCUT2D eigenvalue weighted by Gasteiger charge is 2.35. The number of nitrogens with two attached hydrogens (primary N) is 1. The molecule has 1 amide bonds. The predicted molar refractivity (Wildman–Crippen MR) is 76.1 cm³/mol. The highest BCUT2D eigenvalue weighted by Crippen LogP contribution is 2.35. The molecule has 1 heterocycles. The fourth-order valence-corrected chi connectivity index (χ4v) is 3.21. The minimum Gasteiger partial charge on any atom is -0.334 e. The number of carbonyl (C=O) groups excluding carboxylic acids is 1. The summed E-state index contributed by atoms with van der Waals surface area (Å²) in [5.41, 5.74) is 7.08. The summed E-state index contributed by atoms with van der Waals surface area (Å²) in [4.78, 5) is 13.9. The molecular formula is C14H18BrFN2O. The molecule has 2 atom stereocenters. The van der Waals surface area contributed by atoms with Crippen LogP contribution in [0.4, 0.5) is 4.39 Å². The van der Waals surface area contributed by atoms with Gasteiger partial charge in [0.05, 0.1) is 6.04 Å². The van der Waals surface area contributed by atoms with E-state index in [1.54, 1.807) is 6.07 Å². The smallest absolute Gasteiger partial charge is 0.223 e. The molecule has 2 unspecified atom stereocenters. The van der Waals surface area contributed by atoms with E-state index in [2.05, 4.69) is 15.9 Å². The van der Waals surface area contributed by atoms with Gasteiger partial charge in [0.15, 0.2) is 0 Å². The molecule has 3 nitrogen and oxygen atoms in total. The summed E-state index contributed by atoms with van der Waals surface area (Å²) < 4.78 is 13.9. The zero-order chi connectivity index (χ0) is 14.0. The van der Waals surface area contributed by atoms with Crippen molar-refractivity contribution >= 4 is 21.8 Å². The lowest BCUT2D eigenvalue weighted by Gasteiger charge is -2.40. The lowest BCUT2D eigenvalue weighted by molar-refractivity contribution is -0.137. The first-order chi connectivity index (χ1) is 9.04. The molecule has 0 spiro atoms. The van der Waals surface area contributed by atoms with Crippen LogP contribution in [0.25, 0.3) is 0 Å². The van der Waals surface area contributed by atoms with Gasteiger partial charge in [-0.1, -0.05) is 28.9 Å². The van der Waals surface area contributed by atoms with Crippen LogP contribution in [0.1, 0.15) is 37.8 Å². The maximum Gasteiger partial charge on any atom is 0.223 e. The van der Waals surface area contributed by atoms with Gasteiger partial charge < -0.3 is 10.6 Å². The Bertz CT molecular complexity index is 481. The van der Waals surface area contributed by atoms with Gasteiger partial charge in [0.1, 0.15) is 5.82 Å². The molecule has 0 bridgehead atoms. The monoisotopic (exact) mass is 328 g/mol. The standard InChI is InChI=1S/C14H18BrFN2O/c1-2-7-18-13(19)6-5-12(17)14(18)10-4-3-9(16)8-11(10)15/h3-4,8,12,14H,2,5-7,17H2,1H3. The summed E-state index contributed by atoms with van der Waals surface area (Å²) in [6.07, 6.45) is 2.05. The molecule has 0 radical (unpaired) electrons. The van der Waals surface area contributed by atoms with Gasteiger partial charge in [0, 0.05) is 23.5 Å². The van der Waals surface area contributed by atoms with Crippen molar-refractivity contribution in [2.45, 2.75) is 38.3 Å². The average Bonchev–Trinajstić information content (AvgIpc) is 2.36. The molecule has 1 aromatic carbocycles. The first-order valence-corrected chi connectivity index (χ1v) is 7.34. The number of piperidine rings is 1. The van der Waals surface area contributed by atoms with Crippen LogP contribution < -0.4 is 5.73 Å². The van der Waals surface area contributed by atoms with Gasteiger partial charge >= 0.3 is 0 Å². The molecule has 0 saturated carbocycles. The van der Waals surface area contributed by atoms with E-state index in [-0.39, 0.29) is 23.8 Å². The van der Waals surface area contributed by atoms with Crippen LogP contribution in [0, 0.1) is 5.82 Å².